The SMILES string of the molecule is NCCOCCOCCOCC(=O)NCCOCCOCCCCCCCl. The number of alkyl halides is 1. The standard InChI is InChI=1S/C18H37ClN2O6/c19-5-3-1-2-4-8-23-11-13-25-10-7-21-18(22)17-27-16-15-26-14-12-24-9-6-20/h1-17,20H2,(H,21,22). The number of halogens is 1. The van der Waals surface area contributed by atoms with E-state index in [1.165, 1.54) is 0 Å². The Labute approximate surface area is 168 Å². The quantitative estimate of drug-likeness (QED) is 0.201. The lowest BCUT2D eigenvalue weighted by Crippen LogP contribution is -2.31. The first-order valence-corrected chi connectivity index (χ1v) is 10.3. The molecule has 0 aromatic rings. The molecule has 0 aromatic carbocycles. The molecule has 0 aliphatic heterocycles. The van der Waals surface area contributed by atoms with Gasteiger partial charge in [-0.1, -0.05) is 12.8 Å². The molecular formula is C18H37ClN2O6. The van der Waals surface area contributed by atoms with Crippen molar-refractivity contribution in [2.45, 2.75) is 25.7 Å². The van der Waals surface area contributed by atoms with Crippen molar-refractivity contribution < 1.29 is 28.5 Å². The highest BCUT2D eigenvalue weighted by atomic mass is 35.5. The van der Waals surface area contributed by atoms with E-state index in [1.54, 1.807) is 0 Å². The monoisotopic (exact) mass is 412 g/mol. The van der Waals surface area contributed by atoms with Gasteiger partial charge in [0.15, 0.2) is 0 Å². The normalized spacial score (nSPS) is 11.0. The lowest BCUT2D eigenvalue weighted by atomic mass is 10.2. The molecule has 0 saturated carbocycles. The van der Waals surface area contributed by atoms with Crippen LogP contribution in [-0.4, -0.2) is 90.9 Å². The first-order valence-electron chi connectivity index (χ1n) is 9.72. The Morgan fingerprint density at radius 2 is 1.26 bits per heavy atom. The molecule has 162 valence electrons. The van der Waals surface area contributed by atoms with Crippen LogP contribution in [0.4, 0.5) is 0 Å². The minimum absolute atomic E-state index is 0.0138. The summed E-state index contributed by atoms with van der Waals surface area (Å²) in [4.78, 5) is 11.5. The second-order valence-corrected chi connectivity index (χ2v) is 6.12. The predicted octanol–water partition coefficient (Wildman–Crippen LogP) is 0.944. The van der Waals surface area contributed by atoms with Gasteiger partial charge in [-0.05, 0) is 12.8 Å². The van der Waals surface area contributed by atoms with Gasteiger partial charge >= 0.3 is 0 Å². The number of carbonyl (C=O) groups is 1. The molecule has 8 nitrogen and oxygen atoms in total. The average Bonchev–Trinajstić information content (AvgIpc) is 2.67. The number of carbonyl (C=O) groups excluding carboxylic acids is 1. The molecule has 0 aliphatic carbocycles. The summed E-state index contributed by atoms with van der Waals surface area (Å²) in [5, 5.41) is 2.73. The van der Waals surface area contributed by atoms with Crippen molar-refractivity contribution in [1.82, 2.24) is 5.32 Å². The summed E-state index contributed by atoms with van der Waals surface area (Å²) in [6.07, 6.45) is 4.43. The summed E-state index contributed by atoms with van der Waals surface area (Å²) >= 11 is 5.61. The molecule has 0 aliphatic rings. The fourth-order valence-corrected chi connectivity index (χ4v) is 2.16. The van der Waals surface area contributed by atoms with E-state index in [9.17, 15) is 4.79 Å². The molecule has 0 rings (SSSR count). The second-order valence-electron chi connectivity index (χ2n) is 5.74. The van der Waals surface area contributed by atoms with Gasteiger partial charge in [0.25, 0.3) is 0 Å². The van der Waals surface area contributed by atoms with E-state index in [0.29, 0.717) is 65.9 Å². The second kappa shape index (κ2) is 23.6. The highest BCUT2D eigenvalue weighted by Crippen LogP contribution is 2.00. The molecule has 0 heterocycles. The van der Waals surface area contributed by atoms with Crippen LogP contribution in [0.5, 0.6) is 0 Å². The number of hydrogen-bond donors (Lipinski definition) is 2. The highest BCUT2D eigenvalue weighted by molar-refractivity contribution is 6.17. The number of ether oxygens (including phenoxy) is 5. The Hall–Kier alpha value is -0.480. The molecule has 0 radical (unpaired) electrons. The van der Waals surface area contributed by atoms with E-state index in [-0.39, 0.29) is 12.5 Å². The van der Waals surface area contributed by atoms with E-state index in [4.69, 9.17) is 41.0 Å². The largest absolute Gasteiger partial charge is 0.379 e. The van der Waals surface area contributed by atoms with Crippen molar-refractivity contribution in [2.24, 2.45) is 5.73 Å². The van der Waals surface area contributed by atoms with Gasteiger partial charge in [-0.2, -0.15) is 0 Å². The first-order chi connectivity index (χ1) is 13.3. The summed E-state index contributed by atoms with van der Waals surface area (Å²) in [5.41, 5.74) is 5.29. The van der Waals surface area contributed by atoms with Crippen molar-refractivity contribution in [3.05, 3.63) is 0 Å². The summed E-state index contributed by atoms with van der Waals surface area (Å²) in [6.45, 7) is 5.61. The number of unbranched alkanes of at least 4 members (excludes halogenated alkanes) is 3. The zero-order valence-electron chi connectivity index (χ0n) is 16.4. The van der Waals surface area contributed by atoms with E-state index in [2.05, 4.69) is 5.32 Å². The van der Waals surface area contributed by atoms with E-state index in [0.717, 1.165) is 38.2 Å². The van der Waals surface area contributed by atoms with Crippen LogP contribution in [0, 0.1) is 0 Å². The van der Waals surface area contributed by atoms with Crippen molar-refractivity contribution in [3.63, 3.8) is 0 Å². The number of hydrogen-bond acceptors (Lipinski definition) is 7. The third kappa shape index (κ3) is 23.5. The Morgan fingerprint density at radius 1 is 0.704 bits per heavy atom. The van der Waals surface area contributed by atoms with Crippen molar-refractivity contribution in [2.75, 3.05) is 85.0 Å². The fourth-order valence-electron chi connectivity index (χ4n) is 1.98. The maximum Gasteiger partial charge on any atom is 0.246 e. The maximum atomic E-state index is 11.5. The van der Waals surface area contributed by atoms with Crippen LogP contribution < -0.4 is 11.1 Å². The van der Waals surface area contributed by atoms with Crippen LogP contribution in [0.3, 0.4) is 0 Å². The van der Waals surface area contributed by atoms with Crippen LogP contribution in [0.15, 0.2) is 0 Å². The molecule has 0 atom stereocenters. The molecular weight excluding hydrogens is 376 g/mol. The first kappa shape index (κ1) is 26.5. The molecule has 0 aromatic heterocycles. The Bertz CT molecular complexity index is 314. The van der Waals surface area contributed by atoms with Gasteiger partial charge in [0.2, 0.25) is 5.91 Å². The van der Waals surface area contributed by atoms with Gasteiger partial charge in [-0.3, -0.25) is 4.79 Å². The molecule has 1 amide bonds. The third-order valence-corrected chi connectivity index (χ3v) is 3.62. The summed E-state index contributed by atoms with van der Waals surface area (Å²) in [7, 11) is 0. The average molecular weight is 413 g/mol. The van der Waals surface area contributed by atoms with Gasteiger partial charge in [0.1, 0.15) is 6.61 Å². The van der Waals surface area contributed by atoms with Crippen molar-refractivity contribution >= 4 is 17.5 Å². The summed E-state index contributed by atoms with van der Waals surface area (Å²) < 4.78 is 26.5. The molecule has 0 fully saturated rings. The highest BCUT2D eigenvalue weighted by Gasteiger charge is 2.00. The molecule has 0 saturated heterocycles. The Morgan fingerprint density at radius 3 is 1.93 bits per heavy atom. The molecule has 0 spiro atoms. The van der Waals surface area contributed by atoms with Gasteiger partial charge < -0.3 is 34.7 Å². The van der Waals surface area contributed by atoms with Crippen LogP contribution in [-0.2, 0) is 28.5 Å². The van der Waals surface area contributed by atoms with Crippen molar-refractivity contribution in [1.29, 1.82) is 0 Å². The molecule has 3 N–H and O–H groups in total. The number of nitrogens with two attached hydrogens (primary N) is 1. The third-order valence-electron chi connectivity index (χ3n) is 3.35. The van der Waals surface area contributed by atoms with Crippen molar-refractivity contribution in [3.8, 4) is 0 Å². The lowest BCUT2D eigenvalue weighted by molar-refractivity contribution is -0.126. The molecule has 9 heteroatoms. The predicted molar refractivity (Wildman–Crippen MR) is 105 cm³/mol. The molecule has 27 heavy (non-hydrogen) atoms. The lowest BCUT2D eigenvalue weighted by Gasteiger charge is -2.08. The number of nitrogens with one attached hydrogen (secondary N) is 1. The van der Waals surface area contributed by atoms with E-state index in [1.807, 2.05) is 0 Å². The Balaban J connectivity index is 3.13. The summed E-state index contributed by atoms with van der Waals surface area (Å²) in [6, 6.07) is 0. The van der Waals surface area contributed by atoms with Crippen LogP contribution in [0.1, 0.15) is 25.7 Å². The van der Waals surface area contributed by atoms with Crippen LogP contribution in [0.2, 0.25) is 0 Å². The fraction of sp³-hybridized carbons (Fsp3) is 0.944. The number of amides is 1. The van der Waals surface area contributed by atoms with Crippen LogP contribution in [0.25, 0.3) is 0 Å². The molecule has 0 unspecified atom stereocenters. The minimum Gasteiger partial charge on any atom is -0.379 e. The molecule has 0 bridgehead atoms. The van der Waals surface area contributed by atoms with Gasteiger partial charge in [0.05, 0.1) is 52.9 Å². The van der Waals surface area contributed by atoms with E-state index >= 15 is 0 Å². The van der Waals surface area contributed by atoms with Gasteiger partial charge in [-0.25, -0.2) is 0 Å². The van der Waals surface area contributed by atoms with E-state index < -0.39 is 0 Å². The number of rotatable bonds is 22. The maximum absolute atomic E-state index is 11.5. The zero-order chi connectivity index (χ0) is 19.8. The van der Waals surface area contributed by atoms with Crippen LogP contribution >= 0.6 is 11.6 Å². The van der Waals surface area contributed by atoms with Gasteiger partial charge in [0, 0.05) is 25.6 Å². The smallest absolute Gasteiger partial charge is 0.246 e. The minimum atomic E-state index is -0.168. The van der Waals surface area contributed by atoms with Gasteiger partial charge in [-0.15, -0.1) is 11.6 Å². The Kier molecular flexibility index (Phi) is 23.1. The topological polar surface area (TPSA) is 101 Å². The summed E-state index contributed by atoms with van der Waals surface area (Å²) in [5.74, 6) is 0.565. The zero-order valence-corrected chi connectivity index (χ0v) is 17.2.